The number of rotatable bonds is 51. The van der Waals surface area contributed by atoms with Crippen molar-refractivity contribution in [2.45, 2.75) is 271 Å². The number of allylic oxidation sites excluding steroid dienone is 16. The van der Waals surface area contributed by atoms with Gasteiger partial charge in [-0.05, 0) is 116 Å². The summed E-state index contributed by atoms with van der Waals surface area (Å²) in [5.74, 6) is -0.974. The van der Waals surface area contributed by atoms with E-state index in [0.29, 0.717) is 19.3 Å². The second-order valence-corrected chi connectivity index (χ2v) is 18.8. The minimum Gasteiger partial charge on any atom is -0.462 e. The van der Waals surface area contributed by atoms with Crippen LogP contribution in [0.3, 0.4) is 0 Å². The molecule has 0 aromatic carbocycles. The van der Waals surface area contributed by atoms with Crippen molar-refractivity contribution in [2.24, 2.45) is 0 Å². The molecule has 0 rings (SSSR count). The number of esters is 3. The number of carbonyl (C=O) groups is 3. The third-order valence-electron chi connectivity index (χ3n) is 12.0. The fourth-order valence-corrected chi connectivity index (χ4v) is 7.74. The van der Waals surface area contributed by atoms with Crippen molar-refractivity contribution in [1.82, 2.24) is 0 Å². The summed E-state index contributed by atoms with van der Waals surface area (Å²) < 4.78 is 16.8. The molecular weight excluding hydrogens is 853 g/mol. The van der Waals surface area contributed by atoms with Gasteiger partial charge in [-0.15, -0.1) is 0 Å². The monoisotopic (exact) mass is 959 g/mol. The van der Waals surface area contributed by atoms with Crippen LogP contribution in [-0.4, -0.2) is 37.2 Å². The Labute approximate surface area is 426 Å². The summed E-state index contributed by atoms with van der Waals surface area (Å²) in [7, 11) is 0. The molecule has 0 aromatic rings. The fourth-order valence-electron chi connectivity index (χ4n) is 7.74. The van der Waals surface area contributed by atoms with E-state index in [1.54, 1.807) is 0 Å². The Bertz CT molecular complexity index is 1380. The smallest absolute Gasteiger partial charge is 0.306 e. The molecule has 0 spiro atoms. The van der Waals surface area contributed by atoms with Crippen LogP contribution >= 0.6 is 0 Å². The molecule has 0 saturated heterocycles. The highest BCUT2D eigenvalue weighted by Gasteiger charge is 2.19. The first-order chi connectivity index (χ1) is 34.0. The van der Waals surface area contributed by atoms with Crippen LogP contribution in [0.25, 0.3) is 0 Å². The Morgan fingerprint density at radius 2 is 0.580 bits per heavy atom. The van der Waals surface area contributed by atoms with Crippen molar-refractivity contribution in [2.75, 3.05) is 13.2 Å². The first-order valence-electron chi connectivity index (χ1n) is 28.7. The molecule has 0 fully saturated rings. The maximum Gasteiger partial charge on any atom is 0.306 e. The molecule has 0 saturated carbocycles. The topological polar surface area (TPSA) is 78.9 Å². The van der Waals surface area contributed by atoms with E-state index in [9.17, 15) is 14.4 Å². The summed E-state index contributed by atoms with van der Waals surface area (Å²) in [6.07, 6.45) is 75.4. The van der Waals surface area contributed by atoms with Crippen molar-refractivity contribution in [3.05, 3.63) is 97.2 Å². The van der Waals surface area contributed by atoms with E-state index < -0.39 is 6.10 Å². The van der Waals surface area contributed by atoms with E-state index in [-0.39, 0.29) is 37.5 Å². The molecule has 69 heavy (non-hydrogen) atoms. The van der Waals surface area contributed by atoms with Gasteiger partial charge >= 0.3 is 17.9 Å². The van der Waals surface area contributed by atoms with Gasteiger partial charge < -0.3 is 14.2 Å². The Hall–Kier alpha value is -3.67. The Morgan fingerprint density at radius 1 is 0.304 bits per heavy atom. The second-order valence-electron chi connectivity index (χ2n) is 18.8. The third-order valence-corrected chi connectivity index (χ3v) is 12.0. The zero-order valence-corrected chi connectivity index (χ0v) is 45.0. The van der Waals surface area contributed by atoms with Crippen LogP contribution in [0.2, 0.25) is 0 Å². The van der Waals surface area contributed by atoms with Crippen molar-refractivity contribution >= 4 is 17.9 Å². The maximum absolute atomic E-state index is 12.8. The van der Waals surface area contributed by atoms with E-state index in [1.807, 2.05) is 0 Å². The van der Waals surface area contributed by atoms with E-state index in [1.165, 1.54) is 122 Å². The molecule has 0 heterocycles. The summed E-state index contributed by atoms with van der Waals surface area (Å²) in [5, 5.41) is 0. The van der Waals surface area contributed by atoms with Crippen LogP contribution in [0.5, 0.6) is 0 Å². The van der Waals surface area contributed by atoms with Crippen molar-refractivity contribution in [3.8, 4) is 0 Å². The van der Waals surface area contributed by atoms with Crippen LogP contribution in [0.1, 0.15) is 265 Å². The summed E-state index contributed by atoms with van der Waals surface area (Å²) in [6, 6.07) is 0. The molecule has 6 nitrogen and oxygen atoms in total. The normalized spacial score (nSPS) is 12.8. The molecule has 0 aromatic heterocycles. The van der Waals surface area contributed by atoms with E-state index in [4.69, 9.17) is 14.2 Å². The Kier molecular flexibility index (Phi) is 53.9. The molecule has 0 radical (unpaired) electrons. The van der Waals surface area contributed by atoms with Gasteiger partial charge in [0.25, 0.3) is 0 Å². The molecule has 0 bridgehead atoms. The summed E-state index contributed by atoms with van der Waals surface area (Å²) in [5.41, 5.74) is 0. The molecule has 0 aliphatic carbocycles. The predicted octanol–water partition coefficient (Wildman–Crippen LogP) is 19.3. The van der Waals surface area contributed by atoms with Gasteiger partial charge in [0, 0.05) is 19.3 Å². The highest BCUT2D eigenvalue weighted by Crippen LogP contribution is 2.14. The molecule has 394 valence electrons. The Morgan fingerprint density at radius 3 is 0.971 bits per heavy atom. The molecule has 0 aliphatic heterocycles. The highest BCUT2D eigenvalue weighted by molar-refractivity contribution is 5.71. The van der Waals surface area contributed by atoms with Crippen LogP contribution in [0.4, 0.5) is 0 Å². The van der Waals surface area contributed by atoms with E-state index in [0.717, 1.165) is 96.3 Å². The fraction of sp³-hybridized carbons (Fsp3) is 0.698. The standard InChI is InChI=1S/C63H106O6/c1-4-7-10-13-16-19-22-25-28-30-31-33-35-38-41-44-47-50-53-56-62(65)68-59-60(58-67-61(64)55-52-49-46-43-40-37-34-27-24-21-18-15-12-9-6-3)69-63(66)57-54-51-48-45-42-39-36-32-29-26-23-20-17-14-11-8-5-2/h8,11,16-17,19-20,25-29,34,36,39,45,48,60H,4-7,9-10,12-15,18,21-24,30-33,35,37-38,40-44,46-47,49-59H2,1-3H3/b11-8-,19-16-,20-17-,28-25-,29-26-,34-27-,39-36-,48-45-/t60-/m0/s1. The van der Waals surface area contributed by atoms with Gasteiger partial charge in [-0.25, -0.2) is 0 Å². The lowest BCUT2D eigenvalue weighted by Gasteiger charge is -2.18. The quantitative estimate of drug-likeness (QED) is 0.0262. The van der Waals surface area contributed by atoms with Gasteiger partial charge in [-0.1, -0.05) is 227 Å². The summed E-state index contributed by atoms with van der Waals surface area (Å²) in [6.45, 7) is 6.45. The lowest BCUT2D eigenvalue weighted by Crippen LogP contribution is -2.30. The van der Waals surface area contributed by atoms with Crippen molar-refractivity contribution in [3.63, 3.8) is 0 Å². The van der Waals surface area contributed by atoms with Crippen LogP contribution in [0.15, 0.2) is 97.2 Å². The van der Waals surface area contributed by atoms with Gasteiger partial charge in [0.2, 0.25) is 0 Å². The summed E-state index contributed by atoms with van der Waals surface area (Å²) in [4.78, 5) is 38.1. The van der Waals surface area contributed by atoms with Gasteiger partial charge in [-0.3, -0.25) is 14.4 Å². The number of ether oxygens (including phenoxy) is 3. The second kappa shape index (κ2) is 56.9. The van der Waals surface area contributed by atoms with Crippen LogP contribution in [-0.2, 0) is 28.6 Å². The number of carbonyl (C=O) groups excluding carboxylic acids is 3. The zero-order chi connectivity index (χ0) is 50.0. The van der Waals surface area contributed by atoms with Gasteiger partial charge in [0.15, 0.2) is 6.10 Å². The molecule has 0 amide bonds. The van der Waals surface area contributed by atoms with E-state index >= 15 is 0 Å². The van der Waals surface area contributed by atoms with Crippen LogP contribution < -0.4 is 0 Å². The lowest BCUT2D eigenvalue weighted by molar-refractivity contribution is -0.167. The van der Waals surface area contributed by atoms with Gasteiger partial charge in [-0.2, -0.15) is 0 Å². The average molecular weight is 960 g/mol. The number of hydrogen-bond acceptors (Lipinski definition) is 6. The summed E-state index contributed by atoms with van der Waals surface area (Å²) >= 11 is 0. The van der Waals surface area contributed by atoms with Gasteiger partial charge in [0.1, 0.15) is 13.2 Å². The SMILES string of the molecule is CC/C=C\C/C=C\C/C=C\C/C=C\C/C=C\CCCC(=O)O[C@@H](COC(=O)CCCCCCC/C=C\CCCCCCCC)COC(=O)CCCCCCCCCCC/C=C\C/C=C\CCCCC. The zero-order valence-electron chi connectivity index (χ0n) is 45.0. The van der Waals surface area contributed by atoms with Crippen LogP contribution in [0, 0.1) is 0 Å². The number of hydrogen-bond donors (Lipinski definition) is 0. The molecular formula is C63H106O6. The average Bonchev–Trinajstić information content (AvgIpc) is 3.35. The molecule has 0 unspecified atom stereocenters. The van der Waals surface area contributed by atoms with Crippen molar-refractivity contribution in [1.29, 1.82) is 0 Å². The first-order valence-corrected chi connectivity index (χ1v) is 28.7. The highest BCUT2D eigenvalue weighted by atomic mass is 16.6. The van der Waals surface area contributed by atoms with Crippen molar-refractivity contribution < 1.29 is 28.6 Å². The number of unbranched alkanes of at least 4 members (excludes halogenated alkanes) is 24. The molecule has 1 atom stereocenters. The molecule has 0 N–H and O–H groups in total. The first kappa shape index (κ1) is 65.3. The van der Waals surface area contributed by atoms with E-state index in [2.05, 4.69) is 118 Å². The molecule has 0 aliphatic rings. The molecule has 6 heteroatoms. The van der Waals surface area contributed by atoms with Gasteiger partial charge in [0.05, 0.1) is 0 Å². The third kappa shape index (κ3) is 55.1. The lowest BCUT2D eigenvalue weighted by atomic mass is 10.1. The minimum absolute atomic E-state index is 0.105. The largest absolute Gasteiger partial charge is 0.462 e. The Balaban J connectivity index is 4.48. The minimum atomic E-state index is -0.813. The predicted molar refractivity (Wildman–Crippen MR) is 297 cm³/mol. The maximum atomic E-state index is 12.8.